The molecule has 1 aliphatic carbocycles. The Morgan fingerprint density at radius 2 is 1.70 bits per heavy atom. The minimum atomic E-state index is -0.729. The average Bonchev–Trinajstić information content (AvgIpc) is 2.92. The molecule has 0 aliphatic heterocycles. The summed E-state index contributed by atoms with van der Waals surface area (Å²) in [5.41, 5.74) is 4.58. The summed E-state index contributed by atoms with van der Waals surface area (Å²) < 4.78 is 6.10. The number of carbonyl (C=O) groups is 2. The second kappa shape index (κ2) is 6.42. The summed E-state index contributed by atoms with van der Waals surface area (Å²) in [6.45, 7) is 1.71. The number of ether oxygens (including phenoxy) is 1. The molecule has 0 N–H and O–H groups in total. The fourth-order valence-corrected chi connectivity index (χ4v) is 2.97. The number of rotatable bonds is 4. The first-order chi connectivity index (χ1) is 11.1. The highest BCUT2D eigenvalue weighted by Gasteiger charge is 2.30. The van der Waals surface area contributed by atoms with E-state index in [9.17, 15) is 9.59 Å². The zero-order chi connectivity index (χ0) is 16.4. The Morgan fingerprint density at radius 3 is 2.22 bits per heavy atom. The van der Waals surface area contributed by atoms with Gasteiger partial charge in [-0.15, -0.1) is 0 Å². The molecule has 5 heteroatoms. The van der Waals surface area contributed by atoms with Crippen molar-refractivity contribution in [1.82, 2.24) is 4.42 Å². The molecule has 4 nitrogen and oxygen atoms in total. The van der Waals surface area contributed by atoms with Gasteiger partial charge in [-0.25, -0.2) is 9.21 Å². The zero-order valence-corrected chi connectivity index (χ0v) is 13.4. The number of carbonyl (C=O) groups excluding carboxylic acids is 2. The van der Waals surface area contributed by atoms with Crippen LogP contribution in [0.3, 0.4) is 0 Å². The molecule has 0 spiro atoms. The van der Waals surface area contributed by atoms with Crippen molar-refractivity contribution >= 4 is 24.2 Å². The van der Waals surface area contributed by atoms with E-state index in [1.165, 1.54) is 6.92 Å². The molecule has 0 aromatic heterocycles. The van der Waals surface area contributed by atoms with Gasteiger partial charge in [0, 0.05) is 17.7 Å². The van der Waals surface area contributed by atoms with E-state index in [4.69, 9.17) is 16.5 Å². The predicted octanol–water partition coefficient (Wildman–Crippen LogP) is 3.98. The number of aldehydes is 1. The van der Waals surface area contributed by atoms with Gasteiger partial charge in [-0.05, 0) is 29.2 Å². The lowest BCUT2D eigenvalue weighted by molar-refractivity contribution is -0.110. The summed E-state index contributed by atoms with van der Waals surface area (Å²) in [7, 11) is 0. The van der Waals surface area contributed by atoms with E-state index in [1.807, 2.05) is 36.4 Å². The SMILES string of the molecule is CC(C=O)N(Cl)C(=O)OCC1c2ccccc2-c2ccccc21. The molecule has 1 atom stereocenters. The molecular formula is C18H16ClNO3. The molecule has 2 aromatic carbocycles. The van der Waals surface area contributed by atoms with Crippen molar-refractivity contribution in [2.75, 3.05) is 6.61 Å². The van der Waals surface area contributed by atoms with E-state index >= 15 is 0 Å². The smallest absolute Gasteiger partial charge is 0.425 e. The third kappa shape index (κ3) is 2.82. The summed E-state index contributed by atoms with van der Waals surface area (Å²) >= 11 is 5.80. The maximum atomic E-state index is 11.9. The van der Waals surface area contributed by atoms with Gasteiger partial charge in [0.15, 0.2) is 0 Å². The van der Waals surface area contributed by atoms with Crippen LogP contribution in [0.1, 0.15) is 24.0 Å². The molecule has 0 radical (unpaired) electrons. The van der Waals surface area contributed by atoms with Gasteiger partial charge in [-0.1, -0.05) is 48.5 Å². The number of nitrogens with zero attached hydrogens (tertiary/aromatic N) is 1. The molecule has 1 amide bonds. The summed E-state index contributed by atoms with van der Waals surface area (Å²) in [5, 5.41) is 0. The van der Waals surface area contributed by atoms with E-state index in [0.29, 0.717) is 6.29 Å². The molecule has 1 unspecified atom stereocenters. The lowest BCUT2D eigenvalue weighted by atomic mass is 9.98. The van der Waals surface area contributed by atoms with Crippen LogP contribution in [-0.4, -0.2) is 29.4 Å². The van der Waals surface area contributed by atoms with E-state index in [1.54, 1.807) is 0 Å². The number of benzene rings is 2. The highest BCUT2D eigenvalue weighted by atomic mass is 35.5. The van der Waals surface area contributed by atoms with Crippen molar-refractivity contribution in [3.63, 3.8) is 0 Å². The van der Waals surface area contributed by atoms with Crippen molar-refractivity contribution < 1.29 is 14.3 Å². The molecule has 1 aliphatic rings. The maximum Gasteiger partial charge on any atom is 0.425 e. The lowest BCUT2D eigenvalue weighted by Crippen LogP contribution is -2.32. The number of halogens is 1. The molecule has 0 saturated carbocycles. The van der Waals surface area contributed by atoms with Gasteiger partial charge in [-0.3, -0.25) is 0 Å². The van der Waals surface area contributed by atoms with E-state index < -0.39 is 12.1 Å². The Labute approximate surface area is 139 Å². The molecular weight excluding hydrogens is 314 g/mol. The van der Waals surface area contributed by atoms with Crippen LogP contribution in [0, 0.1) is 0 Å². The largest absolute Gasteiger partial charge is 0.448 e. The number of hydrogen-bond donors (Lipinski definition) is 0. The highest BCUT2D eigenvalue weighted by molar-refractivity contribution is 6.21. The Morgan fingerprint density at radius 1 is 1.17 bits per heavy atom. The predicted molar refractivity (Wildman–Crippen MR) is 88.3 cm³/mol. The molecule has 0 heterocycles. The third-order valence-corrected chi connectivity index (χ3v) is 4.51. The summed E-state index contributed by atoms with van der Waals surface area (Å²) in [4.78, 5) is 22.6. The molecule has 0 fully saturated rings. The number of fused-ring (bicyclic) bond motifs is 3. The summed E-state index contributed by atoms with van der Waals surface area (Å²) in [6.07, 6.45) is -0.123. The maximum absolute atomic E-state index is 11.9. The van der Waals surface area contributed by atoms with E-state index in [2.05, 4.69) is 12.1 Å². The van der Waals surface area contributed by atoms with E-state index in [-0.39, 0.29) is 12.5 Å². The molecule has 0 saturated heterocycles. The molecule has 118 valence electrons. The Balaban J connectivity index is 1.81. The van der Waals surface area contributed by atoms with Crippen molar-refractivity contribution in [3.05, 3.63) is 59.7 Å². The van der Waals surface area contributed by atoms with Gasteiger partial charge in [0.1, 0.15) is 18.9 Å². The summed E-state index contributed by atoms with van der Waals surface area (Å²) in [5.74, 6) is -0.0250. The third-order valence-electron chi connectivity index (χ3n) is 4.06. The first kappa shape index (κ1) is 15.6. The summed E-state index contributed by atoms with van der Waals surface area (Å²) in [6, 6.07) is 15.4. The number of amides is 1. The molecule has 0 bridgehead atoms. The van der Waals surface area contributed by atoms with Gasteiger partial charge in [0.05, 0.1) is 0 Å². The Kier molecular flexibility index (Phi) is 4.35. The Hall–Kier alpha value is -2.33. The second-order valence-corrected chi connectivity index (χ2v) is 5.86. The quantitative estimate of drug-likeness (QED) is 0.629. The monoisotopic (exact) mass is 329 g/mol. The second-order valence-electron chi connectivity index (χ2n) is 5.49. The minimum absolute atomic E-state index is 0.0250. The number of hydrogen-bond acceptors (Lipinski definition) is 3. The van der Waals surface area contributed by atoms with Crippen molar-refractivity contribution in [1.29, 1.82) is 0 Å². The van der Waals surface area contributed by atoms with Crippen LogP contribution in [0.25, 0.3) is 11.1 Å². The van der Waals surface area contributed by atoms with Crippen LogP contribution in [0.2, 0.25) is 0 Å². The van der Waals surface area contributed by atoms with Crippen LogP contribution in [-0.2, 0) is 9.53 Å². The molecule has 2 aromatic rings. The van der Waals surface area contributed by atoms with Gasteiger partial charge < -0.3 is 9.53 Å². The van der Waals surface area contributed by atoms with Crippen LogP contribution in [0.5, 0.6) is 0 Å². The van der Waals surface area contributed by atoms with Gasteiger partial charge in [0.2, 0.25) is 0 Å². The zero-order valence-electron chi connectivity index (χ0n) is 12.6. The fourth-order valence-electron chi connectivity index (χ4n) is 2.88. The van der Waals surface area contributed by atoms with E-state index in [0.717, 1.165) is 26.7 Å². The first-order valence-electron chi connectivity index (χ1n) is 7.38. The van der Waals surface area contributed by atoms with Crippen molar-refractivity contribution in [3.8, 4) is 11.1 Å². The van der Waals surface area contributed by atoms with Crippen molar-refractivity contribution in [2.24, 2.45) is 0 Å². The van der Waals surface area contributed by atoms with Crippen LogP contribution < -0.4 is 0 Å². The van der Waals surface area contributed by atoms with Crippen LogP contribution in [0.15, 0.2) is 48.5 Å². The van der Waals surface area contributed by atoms with Crippen LogP contribution in [0.4, 0.5) is 4.79 Å². The normalized spacial score (nSPS) is 13.8. The molecule has 23 heavy (non-hydrogen) atoms. The fraction of sp³-hybridized carbons (Fsp3) is 0.222. The Bertz CT molecular complexity index is 701. The topological polar surface area (TPSA) is 46.6 Å². The van der Waals surface area contributed by atoms with Gasteiger partial charge in [0.25, 0.3) is 0 Å². The standard InChI is InChI=1S/C18H16ClNO3/c1-12(10-21)20(19)18(22)23-11-17-15-8-4-2-6-13(15)14-7-3-5-9-16(14)17/h2-10,12,17H,11H2,1H3. The average molecular weight is 330 g/mol. The van der Waals surface area contributed by atoms with Crippen LogP contribution >= 0.6 is 11.8 Å². The molecule has 3 rings (SSSR count). The van der Waals surface area contributed by atoms with Gasteiger partial charge in [-0.2, -0.15) is 0 Å². The minimum Gasteiger partial charge on any atom is -0.448 e. The first-order valence-corrected chi connectivity index (χ1v) is 7.72. The highest BCUT2D eigenvalue weighted by Crippen LogP contribution is 2.44. The van der Waals surface area contributed by atoms with Gasteiger partial charge >= 0.3 is 6.09 Å². The lowest BCUT2D eigenvalue weighted by Gasteiger charge is -2.19. The van der Waals surface area contributed by atoms with Crippen molar-refractivity contribution in [2.45, 2.75) is 18.9 Å².